The summed E-state index contributed by atoms with van der Waals surface area (Å²) in [5.74, 6) is 0. The van der Waals surface area contributed by atoms with Crippen LogP contribution in [0.15, 0.2) is 70.9 Å². The van der Waals surface area contributed by atoms with Gasteiger partial charge in [-0.25, -0.2) is 0 Å². The van der Waals surface area contributed by atoms with Crippen LogP contribution in [0.1, 0.15) is 0 Å². The molecular formula is C17H14N4O2. The normalized spacial score (nSPS) is 11.0. The van der Waals surface area contributed by atoms with E-state index >= 15 is 0 Å². The van der Waals surface area contributed by atoms with Crippen molar-refractivity contribution in [2.24, 2.45) is 10.2 Å². The van der Waals surface area contributed by atoms with Crippen molar-refractivity contribution in [3.8, 4) is 0 Å². The lowest BCUT2D eigenvalue weighted by Crippen LogP contribution is -1.88. The van der Waals surface area contributed by atoms with Crippen molar-refractivity contribution < 1.29 is 4.92 Å². The molecule has 0 bridgehead atoms. The Morgan fingerprint density at radius 3 is 2.39 bits per heavy atom. The van der Waals surface area contributed by atoms with Crippen molar-refractivity contribution in [3.05, 3.63) is 70.8 Å². The van der Waals surface area contributed by atoms with Gasteiger partial charge in [0.25, 0.3) is 5.69 Å². The second-order valence-corrected chi connectivity index (χ2v) is 4.91. The zero-order valence-corrected chi connectivity index (χ0v) is 12.4. The van der Waals surface area contributed by atoms with Gasteiger partial charge in [0.2, 0.25) is 0 Å². The number of nitro benzene ring substituents is 1. The summed E-state index contributed by atoms with van der Waals surface area (Å²) in [5.41, 5.74) is 2.20. The first kappa shape index (κ1) is 14.6. The summed E-state index contributed by atoms with van der Waals surface area (Å²) in [6.07, 6.45) is 0. The lowest BCUT2D eigenvalue weighted by molar-refractivity contribution is -0.384. The average Bonchev–Trinajstić information content (AvgIpc) is 2.59. The minimum absolute atomic E-state index is 0.0324. The summed E-state index contributed by atoms with van der Waals surface area (Å²) >= 11 is 0. The van der Waals surface area contributed by atoms with Gasteiger partial charge in [0, 0.05) is 24.6 Å². The van der Waals surface area contributed by atoms with Gasteiger partial charge in [0.05, 0.1) is 16.3 Å². The Morgan fingerprint density at radius 1 is 0.957 bits per heavy atom. The second kappa shape index (κ2) is 6.23. The third-order valence-corrected chi connectivity index (χ3v) is 3.50. The van der Waals surface area contributed by atoms with Crippen molar-refractivity contribution in [1.82, 2.24) is 0 Å². The van der Waals surface area contributed by atoms with Crippen molar-refractivity contribution in [3.63, 3.8) is 0 Å². The van der Waals surface area contributed by atoms with E-state index in [-0.39, 0.29) is 5.69 Å². The van der Waals surface area contributed by atoms with Crippen LogP contribution in [0.2, 0.25) is 0 Å². The molecule has 1 N–H and O–H groups in total. The smallest absolute Gasteiger partial charge is 0.269 e. The van der Waals surface area contributed by atoms with Crippen molar-refractivity contribution in [2.75, 3.05) is 12.4 Å². The third kappa shape index (κ3) is 3.01. The number of fused-ring (bicyclic) bond motifs is 1. The fourth-order valence-electron chi connectivity index (χ4n) is 2.31. The zero-order chi connectivity index (χ0) is 16.2. The molecular weight excluding hydrogens is 292 g/mol. The molecule has 0 aliphatic heterocycles. The fourth-order valence-corrected chi connectivity index (χ4v) is 2.31. The molecule has 0 radical (unpaired) electrons. The second-order valence-electron chi connectivity index (χ2n) is 4.91. The highest BCUT2D eigenvalue weighted by molar-refractivity contribution is 5.98. The molecule has 114 valence electrons. The molecule has 0 unspecified atom stereocenters. The molecule has 0 aromatic heterocycles. The Morgan fingerprint density at radius 2 is 1.70 bits per heavy atom. The van der Waals surface area contributed by atoms with Crippen LogP contribution in [0, 0.1) is 10.1 Å². The van der Waals surface area contributed by atoms with Gasteiger partial charge in [0.15, 0.2) is 0 Å². The first-order valence-electron chi connectivity index (χ1n) is 7.05. The van der Waals surface area contributed by atoms with E-state index in [1.165, 1.54) is 12.1 Å². The summed E-state index contributed by atoms with van der Waals surface area (Å²) in [6, 6.07) is 17.9. The van der Waals surface area contributed by atoms with Gasteiger partial charge in [0.1, 0.15) is 5.69 Å². The quantitative estimate of drug-likeness (QED) is 0.408. The van der Waals surface area contributed by atoms with Crippen LogP contribution < -0.4 is 5.32 Å². The van der Waals surface area contributed by atoms with Crippen molar-refractivity contribution in [2.45, 2.75) is 0 Å². The topological polar surface area (TPSA) is 79.9 Å². The number of nitrogens with one attached hydrogen (secondary N) is 1. The Balaban J connectivity index is 2.01. The average molecular weight is 306 g/mol. The minimum atomic E-state index is -0.440. The van der Waals surface area contributed by atoms with E-state index in [1.54, 1.807) is 12.1 Å². The van der Waals surface area contributed by atoms with Crippen LogP contribution in [0.5, 0.6) is 0 Å². The number of nitro groups is 1. The largest absolute Gasteiger partial charge is 0.386 e. The molecule has 0 saturated carbocycles. The number of rotatable bonds is 4. The number of hydrogen-bond donors (Lipinski definition) is 1. The van der Waals surface area contributed by atoms with Crippen LogP contribution in [0.3, 0.4) is 0 Å². The number of nitrogens with zero attached hydrogens (tertiary/aromatic N) is 3. The van der Waals surface area contributed by atoms with Crippen LogP contribution >= 0.6 is 0 Å². The van der Waals surface area contributed by atoms with Gasteiger partial charge < -0.3 is 5.32 Å². The Hall–Kier alpha value is -3.28. The van der Waals surface area contributed by atoms with E-state index in [0.717, 1.165) is 22.1 Å². The molecule has 3 rings (SSSR count). The molecule has 0 heterocycles. The minimum Gasteiger partial charge on any atom is -0.386 e. The molecule has 0 spiro atoms. The van der Waals surface area contributed by atoms with Gasteiger partial charge in [-0.05, 0) is 23.6 Å². The molecule has 6 nitrogen and oxygen atoms in total. The predicted molar refractivity (Wildman–Crippen MR) is 90.8 cm³/mol. The molecule has 0 saturated heterocycles. The number of benzene rings is 3. The first-order chi connectivity index (χ1) is 11.2. The van der Waals surface area contributed by atoms with Crippen LogP contribution in [-0.2, 0) is 0 Å². The molecule has 0 aliphatic carbocycles. The summed E-state index contributed by atoms with van der Waals surface area (Å²) in [4.78, 5) is 10.2. The molecule has 3 aromatic rings. The molecule has 0 amide bonds. The van der Waals surface area contributed by atoms with Crippen LogP contribution in [0.4, 0.5) is 22.7 Å². The maximum absolute atomic E-state index is 10.7. The molecule has 6 heteroatoms. The van der Waals surface area contributed by atoms with Gasteiger partial charge in [-0.1, -0.05) is 30.3 Å². The number of non-ortho nitro benzene ring substituents is 1. The highest BCUT2D eigenvalue weighted by Gasteiger charge is 2.07. The van der Waals surface area contributed by atoms with E-state index in [0.29, 0.717) is 5.69 Å². The first-order valence-corrected chi connectivity index (χ1v) is 7.05. The summed E-state index contributed by atoms with van der Waals surface area (Å²) in [7, 11) is 1.83. The highest BCUT2D eigenvalue weighted by Crippen LogP contribution is 2.35. The molecule has 3 aromatic carbocycles. The molecule has 23 heavy (non-hydrogen) atoms. The summed E-state index contributed by atoms with van der Waals surface area (Å²) in [5, 5.41) is 24.4. The molecule has 0 aliphatic rings. The lowest BCUT2D eigenvalue weighted by Gasteiger charge is -2.07. The van der Waals surface area contributed by atoms with Gasteiger partial charge in [-0.2, -0.15) is 5.11 Å². The maximum atomic E-state index is 10.7. The van der Waals surface area contributed by atoms with E-state index in [1.807, 2.05) is 43.4 Å². The Labute approximate surface area is 132 Å². The van der Waals surface area contributed by atoms with E-state index in [2.05, 4.69) is 15.5 Å². The Bertz CT molecular complexity index is 889. The van der Waals surface area contributed by atoms with Crippen LogP contribution in [0.25, 0.3) is 10.8 Å². The van der Waals surface area contributed by atoms with Gasteiger partial charge in [-0.15, -0.1) is 5.11 Å². The van der Waals surface area contributed by atoms with Crippen molar-refractivity contribution >= 4 is 33.5 Å². The number of azo groups is 1. The van der Waals surface area contributed by atoms with E-state index < -0.39 is 4.92 Å². The van der Waals surface area contributed by atoms with E-state index in [4.69, 9.17) is 0 Å². The predicted octanol–water partition coefficient (Wildman–Crippen LogP) is 5.21. The zero-order valence-electron chi connectivity index (χ0n) is 12.4. The fraction of sp³-hybridized carbons (Fsp3) is 0.0588. The highest BCUT2D eigenvalue weighted by atomic mass is 16.6. The van der Waals surface area contributed by atoms with Gasteiger partial charge in [-0.3, -0.25) is 10.1 Å². The SMILES string of the molecule is CNc1ccc2ccccc2c1N=Nc1ccc([N+](=O)[O-])cc1. The van der Waals surface area contributed by atoms with Crippen molar-refractivity contribution in [1.29, 1.82) is 0 Å². The van der Waals surface area contributed by atoms with Gasteiger partial charge >= 0.3 is 0 Å². The number of hydrogen-bond acceptors (Lipinski definition) is 5. The van der Waals surface area contributed by atoms with E-state index in [9.17, 15) is 10.1 Å². The Kier molecular flexibility index (Phi) is 3.97. The maximum Gasteiger partial charge on any atom is 0.269 e. The molecule has 0 atom stereocenters. The summed E-state index contributed by atoms with van der Waals surface area (Å²) < 4.78 is 0. The van der Waals surface area contributed by atoms with Crippen LogP contribution in [-0.4, -0.2) is 12.0 Å². The lowest BCUT2D eigenvalue weighted by atomic mass is 10.1. The number of anilines is 1. The summed E-state index contributed by atoms with van der Waals surface area (Å²) in [6.45, 7) is 0. The molecule has 0 fully saturated rings. The third-order valence-electron chi connectivity index (χ3n) is 3.50. The standard InChI is InChI=1S/C17H14N4O2/c1-18-16-11-6-12-4-2-3-5-15(12)17(16)20-19-13-7-9-14(10-8-13)21(22)23/h2-11,18H,1H3. The monoisotopic (exact) mass is 306 g/mol.